The van der Waals surface area contributed by atoms with Crippen molar-refractivity contribution in [1.29, 1.82) is 0 Å². The van der Waals surface area contributed by atoms with Crippen LogP contribution in [0, 0.1) is 23.2 Å². The molecule has 164 valence electrons. The van der Waals surface area contributed by atoms with E-state index in [0.29, 0.717) is 17.5 Å². The summed E-state index contributed by atoms with van der Waals surface area (Å²) in [5.41, 5.74) is 0.696. The third-order valence-corrected chi connectivity index (χ3v) is 8.90. The molecule has 2 aliphatic carbocycles. The van der Waals surface area contributed by atoms with Gasteiger partial charge in [0.1, 0.15) is 0 Å². The van der Waals surface area contributed by atoms with Crippen LogP contribution < -0.4 is 0 Å². The molecule has 0 unspecified atom stereocenters. The van der Waals surface area contributed by atoms with E-state index in [1.165, 1.54) is 83.8 Å². The Morgan fingerprint density at radius 2 is 1.29 bits per heavy atom. The van der Waals surface area contributed by atoms with Gasteiger partial charge in [0.05, 0.1) is 0 Å². The molecule has 3 fully saturated rings. The van der Waals surface area contributed by atoms with E-state index in [0.717, 1.165) is 23.8 Å². The van der Waals surface area contributed by atoms with Crippen LogP contribution in [-0.2, 0) is 0 Å². The third kappa shape index (κ3) is 5.54. The summed E-state index contributed by atoms with van der Waals surface area (Å²) < 4.78 is 0. The van der Waals surface area contributed by atoms with Crippen molar-refractivity contribution < 1.29 is 0 Å². The van der Waals surface area contributed by atoms with Crippen LogP contribution >= 0.6 is 0 Å². The van der Waals surface area contributed by atoms with Gasteiger partial charge in [0.2, 0.25) is 0 Å². The zero-order valence-corrected chi connectivity index (χ0v) is 20.1. The number of nitrogens with zero attached hydrogens (tertiary/aromatic N) is 2. The van der Waals surface area contributed by atoms with Crippen molar-refractivity contribution in [3.05, 3.63) is 0 Å². The SMILES string of the molecule is CC(C)C1CCC(CN2CCC3(CCC(N(C(C)C)C(C)C)CC3)CC2)CC1. The highest BCUT2D eigenvalue weighted by Gasteiger charge is 2.40. The van der Waals surface area contributed by atoms with E-state index in [4.69, 9.17) is 0 Å². The molecule has 0 aromatic rings. The van der Waals surface area contributed by atoms with E-state index in [2.05, 4.69) is 51.3 Å². The lowest BCUT2D eigenvalue weighted by Crippen LogP contribution is -2.50. The smallest absolute Gasteiger partial charge is 0.0101 e. The highest BCUT2D eigenvalue weighted by Crippen LogP contribution is 2.46. The Morgan fingerprint density at radius 1 is 0.750 bits per heavy atom. The predicted octanol–water partition coefficient (Wildman–Crippen LogP) is 6.59. The summed E-state index contributed by atoms with van der Waals surface area (Å²) in [5.74, 6) is 2.89. The predicted molar refractivity (Wildman–Crippen MR) is 123 cm³/mol. The zero-order valence-electron chi connectivity index (χ0n) is 20.1. The molecule has 3 aliphatic rings. The fourth-order valence-corrected chi connectivity index (χ4v) is 7.07. The van der Waals surface area contributed by atoms with Crippen LogP contribution in [0.4, 0.5) is 0 Å². The van der Waals surface area contributed by atoms with Crippen molar-refractivity contribution in [3.63, 3.8) is 0 Å². The van der Waals surface area contributed by atoms with E-state index in [-0.39, 0.29) is 0 Å². The first-order valence-electron chi connectivity index (χ1n) is 12.8. The largest absolute Gasteiger partial charge is 0.303 e. The summed E-state index contributed by atoms with van der Waals surface area (Å²) in [6, 6.07) is 2.21. The van der Waals surface area contributed by atoms with Gasteiger partial charge in [-0.15, -0.1) is 0 Å². The number of piperidine rings is 1. The molecule has 0 bridgehead atoms. The Bertz CT molecular complexity index is 435. The number of hydrogen-bond donors (Lipinski definition) is 0. The van der Waals surface area contributed by atoms with Crippen LogP contribution in [-0.4, -0.2) is 47.6 Å². The maximum Gasteiger partial charge on any atom is 0.0101 e. The Kier molecular flexibility index (Phi) is 7.93. The molecular formula is C26H50N2. The summed E-state index contributed by atoms with van der Waals surface area (Å²) in [6.07, 6.45) is 14.8. The minimum atomic E-state index is 0.687. The fraction of sp³-hybridized carbons (Fsp3) is 1.00. The molecule has 0 amide bonds. The van der Waals surface area contributed by atoms with Crippen LogP contribution in [0.25, 0.3) is 0 Å². The molecule has 1 aliphatic heterocycles. The van der Waals surface area contributed by atoms with Crippen molar-refractivity contribution >= 4 is 0 Å². The van der Waals surface area contributed by atoms with Crippen molar-refractivity contribution in [3.8, 4) is 0 Å². The van der Waals surface area contributed by atoms with Gasteiger partial charge in [-0.2, -0.15) is 0 Å². The molecule has 1 saturated heterocycles. The molecule has 0 aromatic carbocycles. The fourth-order valence-electron chi connectivity index (χ4n) is 7.07. The summed E-state index contributed by atoms with van der Waals surface area (Å²) in [4.78, 5) is 5.63. The van der Waals surface area contributed by atoms with Gasteiger partial charge in [-0.1, -0.05) is 13.8 Å². The zero-order chi connectivity index (χ0) is 20.3. The molecule has 1 heterocycles. The van der Waals surface area contributed by atoms with Gasteiger partial charge >= 0.3 is 0 Å². The van der Waals surface area contributed by atoms with E-state index in [1.54, 1.807) is 0 Å². The van der Waals surface area contributed by atoms with Crippen molar-refractivity contribution in [2.45, 2.75) is 124 Å². The first-order chi connectivity index (χ1) is 13.3. The standard InChI is InChI=1S/C26H50N2/c1-20(2)24-9-7-23(8-10-24)19-27-17-15-26(16-18-27)13-11-25(12-14-26)28(21(3)4)22(5)6/h20-25H,7-19H2,1-6H3. The average molecular weight is 391 g/mol. The van der Waals surface area contributed by atoms with Crippen LogP contribution in [0.1, 0.15) is 106 Å². The van der Waals surface area contributed by atoms with Gasteiger partial charge in [0.25, 0.3) is 0 Å². The number of rotatable bonds is 6. The minimum absolute atomic E-state index is 0.687. The Labute approximate surface area is 176 Å². The Morgan fingerprint density at radius 3 is 1.75 bits per heavy atom. The molecule has 0 atom stereocenters. The summed E-state index contributed by atoms with van der Waals surface area (Å²) in [6.45, 7) is 18.6. The maximum atomic E-state index is 2.84. The molecule has 0 radical (unpaired) electrons. The summed E-state index contributed by atoms with van der Waals surface area (Å²) >= 11 is 0. The maximum absolute atomic E-state index is 2.84. The molecular weight excluding hydrogens is 340 g/mol. The second-order valence-corrected chi connectivity index (χ2v) is 11.7. The van der Waals surface area contributed by atoms with Crippen molar-refractivity contribution in [1.82, 2.24) is 9.80 Å². The molecule has 2 nitrogen and oxygen atoms in total. The molecule has 3 rings (SSSR count). The first-order valence-corrected chi connectivity index (χ1v) is 12.8. The Balaban J connectivity index is 1.41. The molecule has 0 N–H and O–H groups in total. The monoisotopic (exact) mass is 390 g/mol. The average Bonchev–Trinajstić information content (AvgIpc) is 2.65. The first kappa shape index (κ1) is 22.6. The third-order valence-electron chi connectivity index (χ3n) is 8.90. The Hall–Kier alpha value is -0.0800. The summed E-state index contributed by atoms with van der Waals surface area (Å²) in [7, 11) is 0. The van der Waals surface area contributed by atoms with Gasteiger partial charge in [0, 0.05) is 24.7 Å². The molecule has 1 spiro atoms. The van der Waals surface area contributed by atoms with E-state index in [9.17, 15) is 0 Å². The quantitative estimate of drug-likeness (QED) is 0.504. The molecule has 28 heavy (non-hydrogen) atoms. The van der Waals surface area contributed by atoms with Crippen molar-refractivity contribution in [2.75, 3.05) is 19.6 Å². The lowest BCUT2D eigenvalue weighted by molar-refractivity contribution is 0.00812. The highest BCUT2D eigenvalue weighted by atomic mass is 15.2. The molecule has 2 saturated carbocycles. The second kappa shape index (κ2) is 9.82. The topological polar surface area (TPSA) is 6.48 Å². The number of likely N-dealkylation sites (tertiary alicyclic amines) is 1. The second-order valence-electron chi connectivity index (χ2n) is 11.7. The lowest BCUT2D eigenvalue weighted by Gasteiger charge is -2.50. The molecule has 2 heteroatoms. The van der Waals surface area contributed by atoms with Gasteiger partial charge in [0.15, 0.2) is 0 Å². The minimum Gasteiger partial charge on any atom is -0.303 e. The van der Waals surface area contributed by atoms with Crippen LogP contribution in [0.3, 0.4) is 0 Å². The van der Waals surface area contributed by atoms with Crippen molar-refractivity contribution in [2.24, 2.45) is 23.2 Å². The normalized spacial score (nSPS) is 30.2. The van der Waals surface area contributed by atoms with Crippen LogP contribution in [0.15, 0.2) is 0 Å². The van der Waals surface area contributed by atoms with Gasteiger partial charge in [-0.25, -0.2) is 0 Å². The van der Waals surface area contributed by atoms with Gasteiger partial charge in [-0.05, 0) is 128 Å². The van der Waals surface area contributed by atoms with E-state index < -0.39 is 0 Å². The van der Waals surface area contributed by atoms with E-state index in [1.807, 2.05) is 0 Å². The van der Waals surface area contributed by atoms with Crippen LogP contribution in [0.5, 0.6) is 0 Å². The summed E-state index contributed by atoms with van der Waals surface area (Å²) in [5, 5.41) is 0. The molecule has 0 aromatic heterocycles. The lowest BCUT2D eigenvalue weighted by atomic mass is 9.66. The highest BCUT2D eigenvalue weighted by molar-refractivity contribution is 4.94. The van der Waals surface area contributed by atoms with E-state index >= 15 is 0 Å². The van der Waals surface area contributed by atoms with Gasteiger partial charge < -0.3 is 4.90 Å². The van der Waals surface area contributed by atoms with Gasteiger partial charge in [-0.3, -0.25) is 4.90 Å². The van der Waals surface area contributed by atoms with Crippen LogP contribution in [0.2, 0.25) is 0 Å². The number of hydrogen-bond acceptors (Lipinski definition) is 2.